The maximum atomic E-state index is 11.1. The zero-order valence-corrected chi connectivity index (χ0v) is 8.51. The number of nitrogens with one attached hydrogen (secondary N) is 2. The summed E-state index contributed by atoms with van der Waals surface area (Å²) in [6, 6.07) is 0. The number of hydrogen-bond donors (Lipinski definition) is 3. The van der Waals surface area contributed by atoms with E-state index in [9.17, 15) is 9.59 Å². The van der Waals surface area contributed by atoms with E-state index in [2.05, 4.69) is 10.6 Å². The lowest BCUT2D eigenvalue weighted by atomic mass is 10.3. The Labute approximate surface area is 83.9 Å². The molecule has 3 N–H and O–H groups in total. The van der Waals surface area contributed by atoms with Gasteiger partial charge in [0.25, 0.3) is 0 Å². The first-order chi connectivity index (χ1) is 6.70. The average Bonchev–Trinajstić information content (AvgIpc) is 2.18. The normalized spacial score (nSPS) is 9.57. The third kappa shape index (κ3) is 7.54. The molecule has 2 amide bonds. The summed E-state index contributed by atoms with van der Waals surface area (Å²) in [7, 11) is 0. The largest absolute Gasteiger partial charge is 0.387 e. The lowest BCUT2D eigenvalue weighted by molar-refractivity contribution is -0.124. The maximum Gasteiger partial charge on any atom is 0.245 e. The monoisotopic (exact) mass is 202 g/mol. The second kappa shape index (κ2) is 8.50. The summed E-state index contributed by atoms with van der Waals surface area (Å²) >= 11 is 0. The summed E-state index contributed by atoms with van der Waals surface area (Å²) in [4.78, 5) is 21.6. The van der Waals surface area contributed by atoms with E-state index in [0.717, 1.165) is 12.8 Å². The summed E-state index contributed by atoms with van der Waals surface area (Å²) in [5, 5.41) is 13.5. The molecule has 0 aromatic heterocycles. The van der Waals surface area contributed by atoms with Gasteiger partial charge in [0.05, 0.1) is 0 Å². The van der Waals surface area contributed by atoms with Crippen molar-refractivity contribution in [2.75, 3.05) is 19.7 Å². The van der Waals surface area contributed by atoms with Crippen molar-refractivity contribution in [3.05, 3.63) is 0 Å². The van der Waals surface area contributed by atoms with E-state index in [1.807, 2.05) is 6.92 Å². The molecule has 0 aliphatic carbocycles. The number of rotatable bonds is 7. The molecule has 0 saturated carbocycles. The first-order valence-electron chi connectivity index (χ1n) is 4.85. The fraction of sp³-hybridized carbons (Fsp3) is 0.778. The lowest BCUT2D eigenvalue weighted by Gasteiger charge is -2.04. The van der Waals surface area contributed by atoms with E-state index in [1.165, 1.54) is 0 Å². The Kier molecular flexibility index (Phi) is 7.83. The van der Waals surface area contributed by atoms with Crippen molar-refractivity contribution in [3.8, 4) is 0 Å². The summed E-state index contributed by atoms with van der Waals surface area (Å²) in [5.74, 6) is -0.525. The molecule has 0 unspecified atom stereocenters. The lowest BCUT2D eigenvalue weighted by Crippen LogP contribution is -2.32. The van der Waals surface area contributed by atoms with Crippen LogP contribution >= 0.6 is 0 Å². The fourth-order valence-electron chi connectivity index (χ4n) is 0.864. The van der Waals surface area contributed by atoms with E-state index in [1.54, 1.807) is 0 Å². The van der Waals surface area contributed by atoms with Gasteiger partial charge in [0.2, 0.25) is 11.8 Å². The number of carbonyl (C=O) groups is 2. The quantitative estimate of drug-likeness (QED) is 0.482. The van der Waals surface area contributed by atoms with Gasteiger partial charge >= 0.3 is 0 Å². The van der Waals surface area contributed by atoms with E-state index < -0.39 is 12.5 Å². The molecule has 0 aliphatic rings. The Morgan fingerprint density at radius 1 is 1.14 bits per heavy atom. The zero-order valence-electron chi connectivity index (χ0n) is 8.51. The van der Waals surface area contributed by atoms with Crippen LogP contribution in [0.25, 0.3) is 0 Å². The van der Waals surface area contributed by atoms with Crippen LogP contribution in [0, 0.1) is 0 Å². The van der Waals surface area contributed by atoms with Crippen LogP contribution in [0.5, 0.6) is 0 Å². The minimum Gasteiger partial charge on any atom is -0.387 e. The second-order valence-electron chi connectivity index (χ2n) is 2.96. The molecule has 0 atom stereocenters. The summed E-state index contributed by atoms with van der Waals surface area (Å²) in [6.07, 6.45) is 2.27. The molecule has 14 heavy (non-hydrogen) atoms. The first kappa shape index (κ1) is 12.9. The SMILES string of the molecule is CCCCNC(=O)CCNC(=O)CO. The Hall–Kier alpha value is -1.10. The predicted octanol–water partition coefficient (Wildman–Crippen LogP) is -0.599. The molecule has 0 rings (SSSR count). The van der Waals surface area contributed by atoms with Crippen LogP contribution in [0.2, 0.25) is 0 Å². The van der Waals surface area contributed by atoms with Crippen molar-refractivity contribution >= 4 is 11.8 Å². The summed E-state index contributed by atoms with van der Waals surface area (Å²) < 4.78 is 0. The molecule has 0 radical (unpaired) electrons. The van der Waals surface area contributed by atoms with E-state index in [0.29, 0.717) is 6.54 Å². The van der Waals surface area contributed by atoms with Gasteiger partial charge in [-0.15, -0.1) is 0 Å². The van der Waals surface area contributed by atoms with Gasteiger partial charge in [-0.2, -0.15) is 0 Å². The minimum absolute atomic E-state index is 0.0725. The molecule has 0 aromatic carbocycles. The second-order valence-corrected chi connectivity index (χ2v) is 2.96. The highest BCUT2D eigenvalue weighted by Gasteiger charge is 2.01. The van der Waals surface area contributed by atoms with Crippen molar-refractivity contribution < 1.29 is 14.7 Å². The summed E-state index contributed by atoms with van der Waals surface area (Å²) in [5.41, 5.74) is 0. The smallest absolute Gasteiger partial charge is 0.245 e. The fourth-order valence-corrected chi connectivity index (χ4v) is 0.864. The molecule has 0 saturated heterocycles. The Balaban J connectivity index is 3.31. The number of hydrogen-bond acceptors (Lipinski definition) is 3. The highest BCUT2D eigenvalue weighted by atomic mass is 16.3. The van der Waals surface area contributed by atoms with Crippen LogP contribution in [-0.4, -0.2) is 36.6 Å². The van der Waals surface area contributed by atoms with Crippen molar-refractivity contribution in [1.82, 2.24) is 10.6 Å². The molecular weight excluding hydrogens is 184 g/mol. The van der Waals surface area contributed by atoms with Gasteiger partial charge in [0, 0.05) is 19.5 Å². The number of aliphatic hydroxyl groups is 1. The Bertz CT molecular complexity index is 183. The molecule has 0 spiro atoms. The molecular formula is C9H18N2O3. The standard InChI is InChI=1S/C9H18N2O3/c1-2-3-5-10-8(13)4-6-11-9(14)7-12/h12H,2-7H2,1H3,(H,10,13)(H,11,14). The maximum absolute atomic E-state index is 11.1. The topological polar surface area (TPSA) is 78.4 Å². The molecule has 0 fully saturated rings. The van der Waals surface area contributed by atoms with Crippen LogP contribution in [0.3, 0.4) is 0 Å². The highest BCUT2D eigenvalue weighted by molar-refractivity contribution is 5.79. The highest BCUT2D eigenvalue weighted by Crippen LogP contribution is 1.84. The van der Waals surface area contributed by atoms with Gasteiger partial charge in [-0.05, 0) is 6.42 Å². The Morgan fingerprint density at radius 2 is 1.79 bits per heavy atom. The van der Waals surface area contributed by atoms with Crippen molar-refractivity contribution in [3.63, 3.8) is 0 Å². The van der Waals surface area contributed by atoms with E-state index >= 15 is 0 Å². The molecule has 0 aliphatic heterocycles. The van der Waals surface area contributed by atoms with Gasteiger partial charge in [-0.3, -0.25) is 9.59 Å². The molecule has 5 heteroatoms. The number of aliphatic hydroxyl groups excluding tert-OH is 1. The van der Waals surface area contributed by atoms with Crippen LogP contribution < -0.4 is 10.6 Å². The average molecular weight is 202 g/mol. The number of amides is 2. The van der Waals surface area contributed by atoms with Gasteiger partial charge in [-0.25, -0.2) is 0 Å². The third-order valence-electron chi connectivity index (χ3n) is 1.67. The molecule has 0 heterocycles. The van der Waals surface area contributed by atoms with E-state index in [-0.39, 0.29) is 18.9 Å². The molecule has 0 bridgehead atoms. The zero-order chi connectivity index (χ0) is 10.8. The minimum atomic E-state index is -0.530. The predicted molar refractivity (Wildman–Crippen MR) is 52.6 cm³/mol. The Morgan fingerprint density at radius 3 is 2.36 bits per heavy atom. The summed E-state index contributed by atoms with van der Waals surface area (Å²) in [6.45, 7) is 2.48. The van der Waals surface area contributed by atoms with Crippen molar-refractivity contribution in [2.24, 2.45) is 0 Å². The van der Waals surface area contributed by atoms with Gasteiger partial charge in [0.15, 0.2) is 0 Å². The van der Waals surface area contributed by atoms with Crippen molar-refractivity contribution in [2.45, 2.75) is 26.2 Å². The first-order valence-corrected chi connectivity index (χ1v) is 4.85. The van der Waals surface area contributed by atoms with Crippen LogP contribution in [-0.2, 0) is 9.59 Å². The van der Waals surface area contributed by atoms with Crippen LogP contribution in [0.4, 0.5) is 0 Å². The number of unbranched alkanes of at least 4 members (excludes halogenated alkanes) is 1. The van der Waals surface area contributed by atoms with Gasteiger partial charge in [-0.1, -0.05) is 13.3 Å². The van der Waals surface area contributed by atoms with Crippen molar-refractivity contribution in [1.29, 1.82) is 0 Å². The van der Waals surface area contributed by atoms with Gasteiger partial charge < -0.3 is 15.7 Å². The molecule has 82 valence electrons. The van der Waals surface area contributed by atoms with Crippen LogP contribution in [0.15, 0.2) is 0 Å². The number of carbonyl (C=O) groups excluding carboxylic acids is 2. The molecule has 5 nitrogen and oxygen atoms in total. The van der Waals surface area contributed by atoms with Gasteiger partial charge in [0.1, 0.15) is 6.61 Å². The third-order valence-corrected chi connectivity index (χ3v) is 1.67. The van der Waals surface area contributed by atoms with Crippen LogP contribution in [0.1, 0.15) is 26.2 Å². The molecule has 0 aromatic rings. The van der Waals surface area contributed by atoms with E-state index in [4.69, 9.17) is 5.11 Å².